The molecule has 2 aromatic rings. The molecule has 0 spiro atoms. The summed E-state index contributed by atoms with van der Waals surface area (Å²) in [7, 11) is 1.67. The minimum atomic E-state index is -0.0197. The van der Waals surface area contributed by atoms with Crippen molar-refractivity contribution in [3.63, 3.8) is 0 Å². The van der Waals surface area contributed by atoms with Gasteiger partial charge in [0.1, 0.15) is 6.33 Å². The third-order valence-electron chi connectivity index (χ3n) is 4.58. The molecule has 0 radical (unpaired) electrons. The van der Waals surface area contributed by atoms with Crippen LogP contribution in [0.2, 0.25) is 0 Å². The summed E-state index contributed by atoms with van der Waals surface area (Å²) in [5.74, 6) is 0.0591. The van der Waals surface area contributed by atoms with Crippen LogP contribution in [0.15, 0.2) is 36.7 Å². The van der Waals surface area contributed by atoms with E-state index in [1.165, 1.54) is 0 Å². The summed E-state index contributed by atoms with van der Waals surface area (Å²) < 4.78 is 9.48. The average molecular weight is 375 g/mol. The highest BCUT2D eigenvalue weighted by atomic mass is 32.1. The van der Waals surface area contributed by atoms with Crippen molar-refractivity contribution in [2.24, 2.45) is 5.92 Å². The lowest BCUT2D eigenvalue weighted by Gasteiger charge is -2.31. The highest BCUT2D eigenvalue weighted by Crippen LogP contribution is 2.19. The van der Waals surface area contributed by atoms with Crippen LogP contribution in [0.25, 0.3) is 0 Å². The van der Waals surface area contributed by atoms with Crippen LogP contribution in [0.3, 0.4) is 0 Å². The van der Waals surface area contributed by atoms with Gasteiger partial charge in [-0.2, -0.15) is 5.10 Å². The lowest BCUT2D eigenvalue weighted by molar-refractivity contribution is -0.121. The summed E-state index contributed by atoms with van der Waals surface area (Å²) in [6, 6.07) is 9.59. The van der Waals surface area contributed by atoms with E-state index in [1.54, 1.807) is 13.4 Å². The molecule has 1 unspecified atom stereocenters. The largest absolute Gasteiger partial charge is 0.383 e. The molecule has 1 aliphatic rings. The Balaban J connectivity index is 1.57. The summed E-state index contributed by atoms with van der Waals surface area (Å²) in [6.45, 7) is 3.56. The number of aromatic nitrogens is 3. The maximum Gasteiger partial charge on any atom is 0.228 e. The topological polar surface area (TPSA) is 64.3 Å². The molecular formula is C18H25N5O2S. The number of para-hydroxylation sites is 1. The van der Waals surface area contributed by atoms with Gasteiger partial charge in [0.25, 0.3) is 0 Å². The van der Waals surface area contributed by atoms with Crippen LogP contribution in [0.4, 0.5) is 5.69 Å². The molecule has 1 saturated heterocycles. The number of piperidine rings is 1. The molecule has 2 heterocycles. The van der Waals surface area contributed by atoms with E-state index in [0.29, 0.717) is 31.1 Å². The number of hydrogen-bond donors (Lipinski definition) is 1. The van der Waals surface area contributed by atoms with Crippen LogP contribution >= 0.6 is 12.2 Å². The Morgan fingerprint density at radius 2 is 2.19 bits per heavy atom. The fourth-order valence-electron chi connectivity index (χ4n) is 3.16. The first-order valence-corrected chi connectivity index (χ1v) is 9.27. The molecule has 26 heavy (non-hydrogen) atoms. The smallest absolute Gasteiger partial charge is 0.228 e. The Morgan fingerprint density at radius 1 is 1.38 bits per heavy atom. The van der Waals surface area contributed by atoms with Crippen LogP contribution in [0, 0.1) is 10.7 Å². The highest BCUT2D eigenvalue weighted by Gasteiger charge is 2.26. The summed E-state index contributed by atoms with van der Waals surface area (Å²) in [5, 5.41) is 7.39. The van der Waals surface area contributed by atoms with Crippen LogP contribution in [0.1, 0.15) is 12.8 Å². The fraction of sp³-hybridized carbons (Fsp3) is 0.500. The molecule has 1 N–H and O–H groups in total. The molecule has 1 aromatic carbocycles. The minimum absolute atomic E-state index is 0.0197. The van der Waals surface area contributed by atoms with E-state index >= 15 is 0 Å². The van der Waals surface area contributed by atoms with Crippen molar-refractivity contribution in [2.75, 3.05) is 32.1 Å². The van der Waals surface area contributed by atoms with Crippen molar-refractivity contribution >= 4 is 23.8 Å². The number of carbonyl (C=O) groups excluding carboxylic acids is 1. The van der Waals surface area contributed by atoms with Gasteiger partial charge in [-0.15, -0.1) is 0 Å². The Kier molecular flexibility index (Phi) is 6.54. The van der Waals surface area contributed by atoms with Gasteiger partial charge < -0.3 is 14.6 Å². The van der Waals surface area contributed by atoms with Crippen LogP contribution in [-0.4, -0.2) is 52.0 Å². The van der Waals surface area contributed by atoms with E-state index in [0.717, 1.165) is 25.1 Å². The molecular weight excluding hydrogens is 350 g/mol. The number of amides is 1. The van der Waals surface area contributed by atoms with Crippen molar-refractivity contribution in [1.82, 2.24) is 19.2 Å². The van der Waals surface area contributed by atoms with Crippen LogP contribution in [0.5, 0.6) is 0 Å². The SMILES string of the molecule is COCCn1cnn(CN2CCCC(C(=O)Nc3ccccc3)C2)c1=S. The van der Waals surface area contributed by atoms with Gasteiger partial charge in [-0.25, -0.2) is 4.68 Å². The predicted octanol–water partition coefficient (Wildman–Crippen LogP) is 2.37. The average Bonchev–Trinajstić information content (AvgIpc) is 3.01. The zero-order valence-electron chi connectivity index (χ0n) is 15.0. The van der Waals surface area contributed by atoms with Crippen molar-refractivity contribution in [3.05, 3.63) is 41.4 Å². The maximum atomic E-state index is 12.6. The number of ether oxygens (including phenoxy) is 1. The van der Waals surface area contributed by atoms with Crippen molar-refractivity contribution < 1.29 is 9.53 Å². The quantitative estimate of drug-likeness (QED) is 0.753. The molecule has 0 bridgehead atoms. The standard InChI is InChI=1S/C18H25N5O2S/c1-25-11-10-22-13-19-23(18(22)26)14-21-9-5-6-15(12-21)17(24)20-16-7-3-2-4-8-16/h2-4,7-8,13,15H,5-6,9-12,14H2,1H3,(H,20,24). The van der Waals surface area contributed by atoms with Gasteiger partial charge in [-0.3, -0.25) is 9.69 Å². The van der Waals surface area contributed by atoms with E-state index in [9.17, 15) is 4.79 Å². The van der Waals surface area contributed by atoms with Crippen LogP contribution < -0.4 is 5.32 Å². The zero-order valence-corrected chi connectivity index (χ0v) is 15.8. The minimum Gasteiger partial charge on any atom is -0.383 e. The summed E-state index contributed by atoms with van der Waals surface area (Å²) >= 11 is 5.48. The molecule has 1 aromatic heterocycles. The zero-order chi connectivity index (χ0) is 18.4. The highest BCUT2D eigenvalue weighted by molar-refractivity contribution is 7.71. The summed E-state index contributed by atoms with van der Waals surface area (Å²) in [5.41, 5.74) is 0.841. The molecule has 3 rings (SSSR count). The molecule has 1 fully saturated rings. The molecule has 0 saturated carbocycles. The number of likely N-dealkylation sites (tertiary alicyclic amines) is 1. The van der Waals surface area contributed by atoms with E-state index in [4.69, 9.17) is 17.0 Å². The summed E-state index contributed by atoms with van der Waals surface area (Å²) in [6.07, 6.45) is 3.64. The molecule has 1 atom stereocenters. The second-order valence-corrected chi connectivity index (χ2v) is 6.88. The first kappa shape index (κ1) is 18.8. The van der Waals surface area contributed by atoms with Crippen molar-refractivity contribution in [1.29, 1.82) is 0 Å². The second-order valence-electron chi connectivity index (χ2n) is 6.51. The number of methoxy groups -OCH3 is 1. The van der Waals surface area contributed by atoms with Crippen molar-refractivity contribution in [2.45, 2.75) is 26.1 Å². The molecule has 0 aliphatic carbocycles. The van der Waals surface area contributed by atoms with Gasteiger partial charge in [-0.1, -0.05) is 18.2 Å². The number of hydrogen-bond acceptors (Lipinski definition) is 5. The van der Waals surface area contributed by atoms with Crippen molar-refractivity contribution in [3.8, 4) is 0 Å². The van der Waals surface area contributed by atoms with E-state index in [2.05, 4.69) is 15.3 Å². The van der Waals surface area contributed by atoms with E-state index < -0.39 is 0 Å². The fourth-order valence-corrected chi connectivity index (χ4v) is 3.41. The van der Waals surface area contributed by atoms with E-state index in [1.807, 2.05) is 39.6 Å². The lowest BCUT2D eigenvalue weighted by Crippen LogP contribution is -2.41. The Hall–Kier alpha value is -2.03. The number of anilines is 1. The molecule has 140 valence electrons. The molecule has 8 heteroatoms. The molecule has 7 nitrogen and oxygen atoms in total. The van der Waals surface area contributed by atoms with Gasteiger partial charge in [0, 0.05) is 25.9 Å². The maximum absolute atomic E-state index is 12.6. The first-order chi connectivity index (χ1) is 12.7. The van der Waals surface area contributed by atoms with Gasteiger partial charge in [0.05, 0.1) is 19.2 Å². The first-order valence-electron chi connectivity index (χ1n) is 8.87. The number of benzene rings is 1. The normalized spacial score (nSPS) is 18.0. The number of carbonyl (C=O) groups is 1. The van der Waals surface area contributed by atoms with E-state index in [-0.39, 0.29) is 11.8 Å². The third-order valence-corrected chi connectivity index (χ3v) is 5.03. The van der Waals surface area contributed by atoms with Gasteiger partial charge in [0.2, 0.25) is 5.91 Å². The number of rotatable bonds is 7. The second kappa shape index (κ2) is 9.07. The Morgan fingerprint density at radius 3 is 2.96 bits per heavy atom. The third kappa shape index (κ3) is 4.78. The summed E-state index contributed by atoms with van der Waals surface area (Å²) in [4.78, 5) is 14.8. The predicted molar refractivity (Wildman–Crippen MR) is 102 cm³/mol. The molecule has 1 aliphatic heterocycles. The number of nitrogens with zero attached hydrogens (tertiary/aromatic N) is 4. The van der Waals surface area contributed by atoms with Gasteiger partial charge in [0.15, 0.2) is 4.77 Å². The number of nitrogens with one attached hydrogen (secondary N) is 1. The Bertz CT molecular complexity index is 773. The lowest BCUT2D eigenvalue weighted by atomic mass is 9.97. The molecule has 1 amide bonds. The van der Waals surface area contributed by atoms with Gasteiger partial charge >= 0.3 is 0 Å². The Labute approximate surface area is 158 Å². The van der Waals surface area contributed by atoms with Gasteiger partial charge in [-0.05, 0) is 43.7 Å². The monoisotopic (exact) mass is 375 g/mol. The van der Waals surface area contributed by atoms with Crippen LogP contribution in [-0.2, 0) is 22.7 Å².